The zero-order chi connectivity index (χ0) is 25.4. The molecule has 1 aliphatic heterocycles. The number of carbonyl (C=O) groups excluding carboxylic acids is 3. The van der Waals surface area contributed by atoms with E-state index in [0.29, 0.717) is 16.7 Å². The second-order valence-corrected chi connectivity index (χ2v) is 8.69. The van der Waals surface area contributed by atoms with Crippen LogP contribution in [0.4, 0.5) is 4.79 Å². The van der Waals surface area contributed by atoms with Gasteiger partial charge in [0, 0.05) is 11.1 Å². The minimum atomic E-state index is -1.51. The van der Waals surface area contributed by atoms with E-state index in [1.807, 2.05) is 30.3 Å². The van der Waals surface area contributed by atoms with Crippen LogP contribution in [0.1, 0.15) is 32.6 Å². The Balaban J connectivity index is 1.57. The summed E-state index contributed by atoms with van der Waals surface area (Å²) in [7, 11) is 0. The van der Waals surface area contributed by atoms with Gasteiger partial charge in [-0.1, -0.05) is 66.7 Å². The Kier molecular flexibility index (Phi) is 5.49. The second kappa shape index (κ2) is 8.66. The summed E-state index contributed by atoms with van der Waals surface area (Å²) in [5.74, 6) is -1.13. The molecule has 4 aromatic carbocycles. The van der Waals surface area contributed by atoms with Crippen LogP contribution in [0.25, 0.3) is 10.8 Å². The smallest absolute Gasteiger partial charge is 0.325 e. The lowest BCUT2D eigenvalue weighted by molar-refractivity contribution is -0.130. The van der Waals surface area contributed by atoms with Crippen LogP contribution in [0.3, 0.4) is 0 Å². The lowest BCUT2D eigenvalue weighted by atomic mass is 9.82. The third-order valence-corrected chi connectivity index (χ3v) is 6.45. The number of urea groups is 1. The SMILES string of the molecule is N=C(N)c1ccc2ccc(CN3C(=O)NC(c4ccccc4)(c4cccc(C(N)=O)c4)C3=O)cc2c1. The molecule has 36 heavy (non-hydrogen) atoms. The Morgan fingerprint density at radius 3 is 2.25 bits per heavy atom. The van der Waals surface area contributed by atoms with E-state index >= 15 is 0 Å². The van der Waals surface area contributed by atoms with Crippen molar-refractivity contribution in [2.24, 2.45) is 11.5 Å². The molecule has 6 N–H and O–H groups in total. The van der Waals surface area contributed by atoms with Crippen molar-refractivity contribution in [2.75, 3.05) is 0 Å². The first-order chi connectivity index (χ1) is 17.3. The Labute approximate surface area is 207 Å². The van der Waals surface area contributed by atoms with Gasteiger partial charge in [-0.3, -0.25) is 19.9 Å². The molecule has 1 aliphatic rings. The van der Waals surface area contributed by atoms with E-state index in [0.717, 1.165) is 16.3 Å². The summed E-state index contributed by atoms with van der Waals surface area (Å²) in [6, 6.07) is 25.9. The largest absolute Gasteiger partial charge is 0.384 e. The molecule has 0 spiro atoms. The highest BCUT2D eigenvalue weighted by atomic mass is 16.2. The molecule has 1 unspecified atom stereocenters. The second-order valence-electron chi connectivity index (χ2n) is 8.69. The molecule has 1 saturated heterocycles. The number of rotatable bonds is 6. The highest BCUT2D eigenvalue weighted by Crippen LogP contribution is 2.37. The summed E-state index contributed by atoms with van der Waals surface area (Å²) in [6.45, 7) is 0.0367. The van der Waals surface area contributed by atoms with Gasteiger partial charge in [0.15, 0.2) is 5.54 Å². The number of benzene rings is 4. The van der Waals surface area contributed by atoms with Crippen LogP contribution in [-0.2, 0) is 16.9 Å². The number of amidine groups is 1. The summed E-state index contributed by atoms with van der Waals surface area (Å²) in [4.78, 5) is 40.3. The van der Waals surface area contributed by atoms with Crippen LogP contribution in [-0.4, -0.2) is 28.6 Å². The minimum Gasteiger partial charge on any atom is -0.384 e. The van der Waals surface area contributed by atoms with Crippen LogP contribution in [0.15, 0.2) is 91.0 Å². The molecule has 1 heterocycles. The molecule has 1 atom stereocenters. The summed E-state index contributed by atoms with van der Waals surface area (Å²) in [5, 5.41) is 12.4. The number of nitrogens with two attached hydrogens (primary N) is 2. The summed E-state index contributed by atoms with van der Waals surface area (Å²) >= 11 is 0. The van der Waals surface area contributed by atoms with Gasteiger partial charge in [-0.2, -0.15) is 0 Å². The number of fused-ring (bicyclic) bond motifs is 1. The van der Waals surface area contributed by atoms with Crippen molar-refractivity contribution in [3.05, 3.63) is 119 Å². The molecule has 1 fully saturated rings. The Bertz CT molecular complexity index is 1550. The zero-order valence-corrected chi connectivity index (χ0v) is 19.2. The number of primary amides is 1. The van der Waals surface area contributed by atoms with Gasteiger partial charge < -0.3 is 16.8 Å². The van der Waals surface area contributed by atoms with Crippen LogP contribution in [0.5, 0.6) is 0 Å². The fraction of sp³-hybridized carbons (Fsp3) is 0.0714. The summed E-state index contributed by atoms with van der Waals surface area (Å²) in [5.41, 5.74) is 12.2. The normalized spacial score (nSPS) is 17.3. The average molecular weight is 478 g/mol. The van der Waals surface area contributed by atoms with E-state index < -0.39 is 23.4 Å². The monoisotopic (exact) mass is 477 g/mol. The van der Waals surface area contributed by atoms with Crippen molar-refractivity contribution in [1.82, 2.24) is 10.2 Å². The Morgan fingerprint density at radius 2 is 1.53 bits per heavy atom. The number of carbonyl (C=O) groups is 3. The van der Waals surface area contributed by atoms with Crippen LogP contribution >= 0.6 is 0 Å². The molecule has 0 radical (unpaired) electrons. The molecule has 4 aromatic rings. The van der Waals surface area contributed by atoms with Gasteiger partial charge >= 0.3 is 6.03 Å². The number of imide groups is 1. The number of nitrogens with one attached hydrogen (secondary N) is 2. The van der Waals surface area contributed by atoms with Crippen LogP contribution in [0, 0.1) is 5.41 Å². The zero-order valence-electron chi connectivity index (χ0n) is 19.2. The van der Waals surface area contributed by atoms with E-state index in [2.05, 4.69) is 5.32 Å². The number of nitrogens with zero attached hydrogens (tertiary/aromatic N) is 1. The summed E-state index contributed by atoms with van der Waals surface area (Å²) in [6.07, 6.45) is 0. The van der Waals surface area contributed by atoms with Crippen molar-refractivity contribution in [3.8, 4) is 0 Å². The van der Waals surface area contributed by atoms with E-state index in [-0.39, 0.29) is 17.9 Å². The predicted molar refractivity (Wildman–Crippen MR) is 136 cm³/mol. The number of amides is 4. The van der Waals surface area contributed by atoms with Gasteiger partial charge in [0.25, 0.3) is 5.91 Å². The number of hydrogen-bond donors (Lipinski definition) is 4. The van der Waals surface area contributed by atoms with Crippen molar-refractivity contribution < 1.29 is 14.4 Å². The van der Waals surface area contributed by atoms with E-state index in [9.17, 15) is 14.4 Å². The van der Waals surface area contributed by atoms with Crippen molar-refractivity contribution in [2.45, 2.75) is 12.1 Å². The number of hydrogen-bond acceptors (Lipinski definition) is 4. The molecular formula is C28H23N5O3. The molecule has 0 aromatic heterocycles. The molecule has 4 amide bonds. The highest BCUT2D eigenvalue weighted by molar-refractivity contribution is 6.10. The van der Waals surface area contributed by atoms with Gasteiger partial charge in [-0.05, 0) is 51.7 Å². The third-order valence-electron chi connectivity index (χ3n) is 6.45. The first-order valence-corrected chi connectivity index (χ1v) is 11.3. The fourth-order valence-corrected chi connectivity index (χ4v) is 4.62. The maximum atomic E-state index is 14.0. The van der Waals surface area contributed by atoms with Gasteiger partial charge in [-0.15, -0.1) is 0 Å². The van der Waals surface area contributed by atoms with Crippen LogP contribution < -0.4 is 16.8 Å². The Hall–Kier alpha value is -4.98. The molecule has 8 nitrogen and oxygen atoms in total. The lowest BCUT2D eigenvalue weighted by Gasteiger charge is -2.28. The molecule has 8 heteroatoms. The lowest BCUT2D eigenvalue weighted by Crippen LogP contribution is -2.45. The third kappa shape index (κ3) is 3.74. The Morgan fingerprint density at radius 1 is 0.806 bits per heavy atom. The van der Waals surface area contributed by atoms with Crippen molar-refractivity contribution in [1.29, 1.82) is 5.41 Å². The maximum Gasteiger partial charge on any atom is 0.325 e. The first kappa shape index (κ1) is 22.8. The van der Waals surface area contributed by atoms with Gasteiger partial charge in [0.1, 0.15) is 5.84 Å². The quantitative estimate of drug-likeness (QED) is 0.192. The molecule has 0 saturated carbocycles. The average Bonchev–Trinajstić information content (AvgIpc) is 3.14. The first-order valence-electron chi connectivity index (χ1n) is 11.3. The molecule has 178 valence electrons. The number of nitrogen functional groups attached to an aromatic ring is 1. The van der Waals surface area contributed by atoms with Gasteiger partial charge in [0.2, 0.25) is 5.91 Å². The van der Waals surface area contributed by atoms with E-state index in [4.69, 9.17) is 16.9 Å². The minimum absolute atomic E-state index is 0.0367. The molecule has 0 bridgehead atoms. The van der Waals surface area contributed by atoms with Crippen molar-refractivity contribution in [3.63, 3.8) is 0 Å². The summed E-state index contributed by atoms with van der Waals surface area (Å²) < 4.78 is 0. The van der Waals surface area contributed by atoms with E-state index in [1.165, 1.54) is 11.0 Å². The molecule has 5 rings (SSSR count). The van der Waals surface area contributed by atoms with E-state index in [1.54, 1.807) is 54.6 Å². The molecular weight excluding hydrogens is 454 g/mol. The standard InChI is InChI=1S/C28H23N5O3/c29-24(30)19-12-11-18-10-9-17(13-21(18)14-19)16-33-26(35)28(32-27(33)36,22-6-2-1-3-7-22)23-8-4-5-20(15-23)25(31)34/h1-15H,16H2,(H3,29,30)(H2,31,34)(H,32,36). The topological polar surface area (TPSA) is 142 Å². The van der Waals surface area contributed by atoms with Crippen molar-refractivity contribution >= 4 is 34.5 Å². The fourth-order valence-electron chi connectivity index (χ4n) is 4.62. The van der Waals surface area contributed by atoms with Gasteiger partial charge in [0.05, 0.1) is 6.54 Å². The predicted octanol–water partition coefficient (Wildman–Crippen LogP) is 3.22. The highest BCUT2D eigenvalue weighted by Gasteiger charge is 2.53. The van der Waals surface area contributed by atoms with Crippen LogP contribution in [0.2, 0.25) is 0 Å². The molecule has 0 aliphatic carbocycles. The maximum absolute atomic E-state index is 14.0. The van der Waals surface area contributed by atoms with Gasteiger partial charge in [-0.25, -0.2) is 4.79 Å².